The number of halogens is 3. The second-order valence-corrected chi connectivity index (χ2v) is 5.51. The molecule has 1 unspecified atom stereocenters. The summed E-state index contributed by atoms with van der Waals surface area (Å²) in [4.78, 5) is 11.7. The van der Waals surface area contributed by atoms with Crippen molar-refractivity contribution in [2.24, 2.45) is 5.73 Å². The Morgan fingerprint density at radius 2 is 1.95 bits per heavy atom. The average Bonchev–Trinajstić information content (AvgIpc) is 2.35. The Kier molecular flexibility index (Phi) is 4.70. The molecule has 0 radical (unpaired) electrons. The summed E-state index contributed by atoms with van der Waals surface area (Å²) in [7, 11) is 0. The monoisotopic (exact) mass is 326 g/mol. The number of carbonyl (C=O) groups excluding carboxylic acids is 1. The fraction of sp³-hybridized carbons (Fsp3) is 0.133. The first-order valence-corrected chi connectivity index (χ1v) is 6.90. The molecule has 1 atom stereocenters. The lowest BCUT2D eigenvalue weighted by Crippen LogP contribution is -2.28. The average molecular weight is 327 g/mol. The van der Waals surface area contributed by atoms with Gasteiger partial charge in [-0.2, -0.15) is 0 Å². The Bertz CT molecular complexity index is 671. The Morgan fingerprint density at radius 1 is 1.24 bits per heavy atom. The third-order valence-corrected chi connectivity index (χ3v) is 3.47. The van der Waals surface area contributed by atoms with E-state index in [4.69, 9.17) is 28.9 Å². The Hall–Kier alpha value is -1.78. The van der Waals surface area contributed by atoms with Gasteiger partial charge in [0.05, 0.1) is 0 Å². The molecule has 0 aromatic heterocycles. The fourth-order valence-electron chi connectivity index (χ4n) is 2.02. The molecule has 0 heterocycles. The molecule has 0 spiro atoms. The zero-order valence-corrected chi connectivity index (χ0v) is 12.7. The molecule has 0 bridgehead atoms. The molecule has 1 amide bonds. The van der Waals surface area contributed by atoms with Crippen LogP contribution in [0.15, 0.2) is 36.4 Å². The van der Waals surface area contributed by atoms with Gasteiger partial charge in [0.15, 0.2) is 0 Å². The van der Waals surface area contributed by atoms with Crippen LogP contribution in [0.25, 0.3) is 0 Å². The van der Waals surface area contributed by atoms with E-state index in [1.807, 2.05) is 0 Å². The molecule has 0 saturated heterocycles. The minimum absolute atomic E-state index is 0.312. The molecule has 2 aromatic carbocycles. The van der Waals surface area contributed by atoms with E-state index in [0.717, 1.165) is 5.56 Å². The standard InChI is InChI=1S/C15H13Cl2FN2O/c1-8-4-10(18)7-11(5-8)20-14(15(19)21)12-3-2-9(16)6-13(12)17/h2-7,14,20H,1H3,(H2,19,21). The van der Waals surface area contributed by atoms with Gasteiger partial charge in [-0.25, -0.2) is 4.39 Å². The van der Waals surface area contributed by atoms with Crippen molar-refractivity contribution in [3.63, 3.8) is 0 Å². The summed E-state index contributed by atoms with van der Waals surface area (Å²) in [5.41, 5.74) is 7.07. The van der Waals surface area contributed by atoms with Crippen LogP contribution >= 0.6 is 23.2 Å². The van der Waals surface area contributed by atoms with Crippen LogP contribution in [0.1, 0.15) is 17.2 Å². The molecule has 21 heavy (non-hydrogen) atoms. The molecule has 0 aliphatic heterocycles. The molecular weight excluding hydrogens is 314 g/mol. The van der Waals surface area contributed by atoms with E-state index in [0.29, 0.717) is 21.3 Å². The Labute approximate surface area is 131 Å². The van der Waals surface area contributed by atoms with Crippen LogP contribution < -0.4 is 11.1 Å². The summed E-state index contributed by atoms with van der Waals surface area (Å²) in [5, 5.41) is 3.66. The molecule has 110 valence electrons. The van der Waals surface area contributed by atoms with Crippen LogP contribution in [-0.2, 0) is 4.79 Å². The molecule has 3 nitrogen and oxygen atoms in total. The van der Waals surface area contributed by atoms with E-state index in [-0.39, 0.29) is 0 Å². The number of aryl methyl sites for hydroxylation is 1. The van der Waals surface area contributed by atoms with E-state index in [1.165, 1.54) is 18.2 Å². The van der Waals surface area contributed by atoms with Gasteiger partial charge in [0.1, 0.15) is 11.9 Å². The van der Waals surface area contributed by atoms with E-state index < -0.39 is 17.8 Å². The predicted octanol–water partition coefficient (Wildman–Crippen LogP) is 4.08. The first kappa shape index (κ1) is 15.6. The number of amides is 1. The van der Waals surface area contributed by atoms with Gasteiger partial charge >= 0.3 is 0 Å². The van der Waals surface area contributed by atoms with Crippen molar-refractivity contribution in [2.45, 2.75) is 13.0 Å². The molecular formula is C15H13Cl2FN2O. The first-order chi connectivity index (χ1) is 9.86. The predicted molar refractivity (Wildman–Crippen MR) is 83.2 cm³/mol. The normalized spacial score (nSPS) is 12.0. The van der Waals surface area contributed by atoms with Gasteiger partial charge in [0.25, 0.3) is 0 Å². The quantitative estimate of drug-likeness (QED) is 0.889. The second kappa shape index (κ2) is 6.33. The Morgan fingerprint density at radius 3 is 2.52 bits per heavy atom. The lowest BCUT2D eigenvalue weighted by atomic mass is 10.1. The van der Waals surface area contributed by atoms with Crippen molar-refractivity contribution in [1.29, 1.82) is 0 Å². The number of hydrogen-bond donors (Lipinski definition) is 2. The van der Waals surface area contributed by atoms with Crippen LogP contribution in [-0.4, -0.2) is 5.91 Å². The molecule has 0 aliphatic carbocycles. The van der Waals surface area contributed by atoms with E-state index in [9.17, 15) is 9.18 Å². The highest BCUT2D eigenvalue weighted by molar-refractivity contribution is 6.35. The number of benzene rings is 2. The highest BCUT2D eigenvalue weighted by Crippen LogP contribution is 2.29. The summed E-state index contributed by atoms with van der Waals surface area (Å²) in [6.45, 7) is 1.75. The summed E-state index contributed by atoms with van der Waals surface area (Å²) in [6.07, 6.45) is 0. The van der Waals surface area contributed by atoms with Gasteiger partial charge in [0, 0.05) is 21.3 Å². The number of nitrogens with two attached hydrogens (primary N) is 1. The summed E-state index contributed by atoms with van der Waals surface area (Å²) >= 11 is 11.9. The zero-order chi connectivity index (χ0) is 15.6. The fourth-order valence-corrected chi connectivity index (χ4v) is 2.54. The van der Waals surface area contributed by atoms with Crippen LogP contribution in [0.4, 0.5) is 10.1 Å². The smallest absolute Gasteiger partial charge is 0.244 e. The van der Waals surface area contributed by atoms with E-state index >= 15 is 0 Å². The minimum Gasteiger partial charge on any atom is -0.370 e. The maximum Gasteiger partial charge on any atom is 0.244 e. The lowest BCUT2D eigenvalue weighted by molar-refractivity contribution is -0.118. The minimum atomic E-state index is -0.879. The molecule has 6 heteroatoms. The molecule has 2 rings (SSSR count). The van der Waals surface area contributed by atoms with Crippen molar-refractivity contribution >= 4 is 34.8 Å². The van der Waals surface area contributed by atoms with Crippen molar-refractivity contribution in [1.82, 2.24) is 0 Å². The van der Waals surface area contributed by atoms with E-state index in [2.05, 4.69) is 5.32 Å². The number of hydrogen-bond acceptors (Lipinski definition) is 2. The number of primary amides is 1. The van der Waals surface area contributed by atoms with Gasteiger partial charge in [-0.1, -0.05) is 29.3 Å². The Balaban J connectivity index is 2.37. The number of carbonyl (C=O) groups is 1. The third kappa shape index (κ3) is 3.86. The van der Waals surface area contributed by atoms with Crippen LogP contribution in [0.2, 0.25) is 10.0 Å². The van der Waals surface area contributed by atoms with Crippen molar-refractivity contribution < 1.29 is 9.18 Å². The summed E-state index contributed by atoms with van der Waals surface area (Å²) in [5.74, 6) is -1.02. The van der Waals surface area contributed by atoms with Gasteiger partial charge in [0.2, 0.25) is 5.91 Å². The van der Waals surface area contributed by atoms with Gasteiger partial charge in [-0.15, -0.1) is 0 Å². The highest BCUT2D eigenvalue weighted by Gasteiger charge is 2.21. The van der Waals surface area contributed by atoms with Gasteiger partial charge in [-0.05, 0) is 42.8 Å². The topological polar surface area (TPSA) is 55.1 Å². The highest BCUT2D eigenvalue weighted by atomic mass is 35.5. The second-order valence-electron chi connectivity index (χ2n) is 4.66. The van der Waals surface area contributed by atoms with Crippen molar-refractivity contribution in [3.8, 4) is 0 Å². The van der Waals surface area contributed by atoms with E-state index in [1.54, 1.807) is 25.1 Å². The maximum absolute atomic E-state index is 13.4. The van der Waals surface area contributed by atoms with Gasteiger partial charge in [-0.3, -0.25) is 4.79 Å². The maximum atomic E-state index is 13.4. The number of anilines is 1. The molecule has 3 N–H and O–H groups in total. The largest absolute Gasteiger partial charge is 0.370 e. The van der Waals surface area contributed by atoms with Crippen LogP contribution in [0.5, 0.6) is 0 Å². The van der Waals surface area contributed by atoms with Gasteiger partial charge < -0.3 is 11.1 Å². The lowest BCUT2D eigenvalue weighted by Gasteiger charge is -2.19. The molecule has 0 saturated carbocycles. The summed E-state index contributed by atoms with van der Waals surface area (Å²) in [6, 6.07) is 8.24. The van der Waals surface area contributed by atoms with Crippen LogP contribution in [0, 0.1) is 12.7 Å². The molecule has 0 aliphatic rings. The first-order valence-electron chi connectivity index (χ1n) is 6.15. The third-order valence-electron chi connectivity index (χ3n) is 2.91. The SMILES string of the molecule is Cc1cc(F)cc(NC(C(N)=O)c2ccc(Cl)cc2Cl)c1. The van der Waals surface area contributed by atoms with Crippen LogP contribution in [0.3, 0.4) is 0 Å². The number of rotatable bonds is 4. The van der Waals surface area contributed by atoms with Crippen molar-refractivity contribution in [3.05, 3.63) is 63.4 Å². The zero-order valence-electron chi connectivity index (χ0n) is 11.2. The molecule has 2 aromatic rings. The number of nitrogens with one attached hydrogen (secondary N) is 1. The molecule has 0 fully saturated rings. The van der Waals surface area contributed by atoms with Crippen molar-refractivity contribution in [2.75, 3.05) is 5.32 Å². The summed E-state index contributed by atoms with van der Waals surface area (Å²) < 4.78 is 13.4.